The van der Waals surface area contributed by atoms with Crippen LogP contribution in [0.15, 0.2) is 12.1 Å². The standard InChI is InChI=1S/C9H10BrI/c1-6-7(2)9(11)4-3-8(6)5-10/h3-4H,5H2,1-2H3. The summed E-state index contributed by atoms with van der Waals surface area (Å²) in [6.07, 6.45) is 0. The Labute approximate surface area is 89.7 Å². The second-order valence-electron chi connectivity index (χ2n) is 2.59. The maximum absolute atomic E-state index is 3.46. The van der Waals surface area contributed by atoms with Crippen LogP contribution in [-0.2, 0) is 5.33 Å². The van der Waals surface area contributed by atoms with Crippen molar-refractivity contribution >= 4 is 38.5 Å². The number of hydrogen-bond donors (Lipinski definition) is 0. The molecule has 0 aliphatic rings. The van der Waals surface area contributed by atoms with E-state index in [9.17, 15) is 0 Å². The average molecular weight is 325 g/mol. The van der Waals surface area contributed by atoms with Crippen molar-refractivity contribution in [3.05, 3.63) is 32.4 Å². The molecule has 0 heterocycles. The summed E-state index contributed by atoms with van der Waals surface area (Å²) in [5.41, 5.74) is 4.21. The first-order valence-corrected chi connectivity index (χ1v) is 5.67. The Morgan fingerprint density at radius 3 is 2.45 bits per heavy atom. The molecule has 0 radical (unpaired) electrons. The zero-order valence-electron chi connectivity index (χ0n) is 6.62. The van der Waals surface area contributed by atoms with Crippen LogP contribution in [-0.4, -0.2) is 0 Å². The molecule has 0 unspecified atom stereocenters. The molecule has 0 aliphatic heterocycles. The van der Waals surface area contributed by atoms with Crippen LogP contribution in [0.2, 0.25) is 0 Å². The molecule has 0 aliphatic carbocycles. The Hall–Kier alpha value is 0.430. The summed E-state index contributed by atoms with van der Waals surface area (Å²) >= 11 is 5.83. The third kappa shape index (κ3) is 1.96. The van der Waals surface area contributed by atoms with Gasteiger partial charge in [0.05, 0.1) is 0 Å². The maximum atomic E-state index is 3.46. The van der Waals surface area contributed by atoms with Crippen LogP contribution < -0.4 is 0 Å². The number of halogens is 2. The van der Waals surface area contributed by atoms with Gasteiger partial charge in [-0.2, -0.15) is 0 Å². The average Bonchev–Trinajstić information content (AvgIpc) is 2.01. The highest BCUT2D eigenvalue weighted by Crippen LogP contribution is 2.20. The van der Waals surface area contributed by atoms with E-state index in [4.69, 9.17) is 0 Å². The van der Waals surface area contributed by atoms with Gasteiger partial charge in [-0.05, 0) is 59.2 Å². The van der Waals surface area contributed by atoms with Crippen molar-refractivity contribution in [3.8, 4) is 0 Å². The van der Waals surface area contributed by atoms with Gasteiger partial charge < -0.3 is 0 Å². The SMILES string of the molecule is Cc1c(I)ccc(CBr)c1C. The topological polar surface area (TPSA) is 0 Å². The molecule has 0 fully saturated rings. The zero-order chi connectivity index (χ0) is 8.43. The Bertz CT molecular complexity index is 269. The van der Waals surface area contributed by atoms with E-state index in [1.54, 1.807) is 0 Å². The van der Waals surface area contributed by atoms with E-state index in [0.717, 1.165) is 5.33 Å². The molecule has 0 nitrogen and oxygen atoms in total. The van der Waals surface area contributed by atoms with Gasteiger partial charge in [0.1, 0.15) is 0 Å². The molecule has 0 N–H and O–H groups in total. The fraction of sp³-hybridized carbons (Fsp3) is 0.333. The van der Waals surface area contributed by atoms with Gasteiger partial charge in [0.25, 0.3) is 0 Å². The summed E-state index contributed by atoms with van der Waals surface area (Å²) in [4.78, 5) is 0. The van der Waals surface area contributed by atoms with Gasteiger partial charge in [-0.1, -0.05) is 22.0 Å². The van der Waals surface area contributed by atoms with Crippen LogP contribution in [0, 0.1) is 17.4 Å². The molecule has 60 valence electrons. The van der Waals surface area contributed by atoms with Crippen LogP contribution in [0.3, 0.4) is 0 Å². The quantitative estimate of drug-likeness (QED) is 0.544. The minimum atomic E-state index is 0.955. The lowest BCUT2D eigenvalue weighted by molar-refractivity contribution is 1.24. The van der Waals surface area contributed by atoms with Crippen molar-refractivity contribution in [1.29, 1.82) is 0 Å². The van der Waals surface area contributed by atoms with E-state index in [1.165, 1.54) is 20.3 Å². The van der Waals surface area contributed by atoms with Crippen LogP contribution in [0.25, 0.3) is 0 Å². The van der Waals surface area contributed by atoms with Crippen LogP contribution in [0.5, 0.6) is 0 Å². The third-order valence-electron chi connectivity index (χ3n) is 1.98. The monoisotopic (exact) mass is 324 g/mol. The molecule has 1 aromatic carbocycles. The van der Waals surface area contributed by atoms with Crippen molar-refractivity contribution in [2.45, 2.75) is 19.2 Å². The normalized spacial score (nSPS) is 10.2. The molecule has 2 heteroatoms. The first kappa shape index (κ1) is 9.52. The Kier molecular flexibility index (Phi) is 3.37. The molecule has 1 rings (SSSR count). The summed E-state index contributed by atoms with van der Waals surface area (Å²) in [5.74, 6) is 0. The molecule has 0 spiro atoms. The van der Waals surface area contributed by atoms with Crippen molar-refractivity contribution < 1.29 is 0 Å². The molecule has 0 saturated heterocycles. The van der Waals surface area contributed by atoms with Crippen molar-refractivity contribution in [3.63, 3.8) is 0 Å². The second-order valence-corrected chi connectivity index (χ2v) is 4.31. The van der Waals surface area contributed by atoms with Gasteiger partial charge in [-0.3, -0.25) is 0 Å². The highest BCUT2D eigenvalue weighted by molar-refractivity contribution is 14.1. The van der Waals surface area contributed by atoms with Gasteiger partial charge >= 0.3 is 0 Å². The van der Waals surface area contributed by atoms with E-state index in [1.807, 2.05) is 0 Å². The van der Waals surface area contributed by atoms with E-state index in [0.29, 0.717) is 0 Å². The lowest BCUT2D eigenvalue weighted by Crippen LogP contribution is -1.91. The maximum Gasteiger partial charge on any atom is 0.0285 e. The fourth-order valence-electron chi connectivity index (χ4n) is 0.988. The lowest BCUT2D eigenvalue weighted by atomic mass is 10.1. The van der Waals surface area contributed by atoms with E-state index >= 15 is 0 Å². The van der Waals surface area contributed by atoms with E-state index in [2.05, 4.69) is 64.5 Å². The molecule has 0 saturated carbocycles. The Morgan fingerprint density at radius 1 is 1.27 bits per heavy atom. The van der Waals surface area contributed by atoms with Gasteiger partial charge in [-0.25, -0.2) is 0 Å². The summed E-state index contributed by atoms with van der Waals surface area (Å²) in [6.45, 7) is 4.34. The number of hydrogen-bond acceptors (Lipinski definition) is 0. The molecular weight excluding hydrogens is 315 g/mol. The predicted octanol–water partition coefficient (Wildman–Crippen LogP) is 3.80. The van der Waals surface area contributed by atoms with Crippen LogP contribution >= 0.6 is 38.5 Å². The fourth-order valence-corrected chi connectivity index (χ4v) is 2.18. The first-order valence-electron chi connectivity index (χ1n) is 3.47. The highest BCUT2D eigenvalue weighted by atomic mass is 127. The largest absolute Gasteiger partial charge is 0.0876 e. The van der Waals surface area contributed by atoms with Gasteiger partial charge in [-0.15, -0.1) is 0 Å². The summed E-state index contributed by atoms with van der Waals surface area (Å²) in [7, 11) is 0. The minimum Gasteiger partial charge on any atom is -0.0876 e. The van der Waals surface area contributed by atoms with Crippen molar-refractivity contribution in [2.24, 2.45) is 0 Å². The molecular formula is C9H10BrI. The third-order valence-corrected chi connectivity index (χ3v) is 3.75. The minimum absolute atomic E-state index is 0.955. The Balaban J connectivity index is 3.25. The number of benzene rings is 1. The van der Waals surface area contributed by atoms with Gasteiger partial charge in [0.15, 0.2) is 0 Å². The smallest absolute Gasteiger partial charge is 0.0285 e. The van der Waals surface area contributed by atoms with Crippen LogP contribution in [0.1, 0.15) is 16.7 Å². The summed E-state index contributed by atoms with van der Waals surface area (Å²) in [6, 6.07) is 4.35. The van der Waals surface area contributed by atoms with Gasteiger partial charge in [0, 0.05) is 8.90 Å². The Morgan fingerprint density at radius 2 is 1.91 bits per heavy atom. The first-order chi connectivity index (χ1) is 5.16. The molecule has 0 amide bonds. The summed E-state index contributed by atoms with van der Waals surface area (Å²) < 4.78 is 1.35. The predicted molar refractivity (Wildman–Crippen MR) is 61.3 cm³/mol. The molecule has 1 aromatic rings. The van der Waals surface area contributed by atoms with Gasteiger partial charge in [0.2, 0.25) is 0 Å². The second kappa shape index (κ2) is 3.90. The van der Waals surface area contributed by atoms with E-state index in [-0.39, 0.29) is 0 Å². The van der Waals surface area contributed by atoms with E-state index < -0.39 is 0 Å². The van der Waals surface area contributed by atoms with Crippen molar-refractivity contribution in [1.82, 2.24) is 0 Å². The molecule has 0 bridgehead atoms. The molecule has 0 atom stereocenters. The molecule has 0 aromatic heterocycles. The van der Waals surface area contributed by atoms with Crippen LogP contribution in [0.4, 0.5) is 0 Å². The summed E-state index contributed by atoms with van der Waals surface area (Å²) in [5, 5.41) is 0.955. The zero-order valence-corrected chi connectivity index (χ0v) is 10.4. The lowest BCUT2D eigenvalue weighted by Gasteiger charge is -2.06. The number of rotatable bonds is 1. The number of alkyl halides is 1. The highest BCUT2D eigenvalue weighted by Gasteiger charge is 2.01. The van der Waals surface area contributed by atoms with Crippen molar-refractivity contribution in [2.75, 3.05) is 0 Å². The molecule has 11 heavy (non-hydrogen) atoms.